The maximum Gasteiger partial charge on any atom is 0.307 e. The fourth-order valence-electron chi connectivity index (χ4n) is 2.22. The molecule has 104 valence electrons. The number of hydrogen-bond acceptors (Lipinski definition) is 3. The highest BCUT2D eigenvalue weighted by molar-refractivity contribution is 9.10. The van der Waals surface area contributed by atoms with E-state index in [-0.39, 0.29) is 16.3 Å². The van der Waals surface area contributed by atoms with Crippen LogP contribution in [0, 0.1) is 17.6 Å². The van der Waals surface area contributed by atoms with E-state index in [9.17, 15) is 13.6 Å². The van der Waals surface area contributed by atoms with Crippen LogP contribution in [0.3, 0.4) is 0 Å². The molecule has 2 atom stereocenters. The summed E-state index contributed by atoms with van der Waals surface area (Å²) < 4.78 is 32.1. The minimum atomic E-state index is -1.08. The second kappa shape index (κ2) is 5.42. The van der Waals surface area contributed by atoms with Gasteiger partial charge in [-0.25, -0.2) is 4.39 Å². The summed E-state index contributed by atoms with van der Waals surface area (Å²) in [6.45, 7) is 0.291. The molecule has 1 aromatic carbocycles. The van der Waals surface area contributed by atoms with Gasteiger partial charge >= 0.3 is 5.97 Å². The van der Waals surface area contributed by atoms with Crippen LogP contribution in [0.4, 0.5) is 8.78 Å². The first-order chi connectivity index (χ1) is 8.95. The van der Waals surface area contributed by atoms with Gasteiger partial charge in [0.25, 0.3) is 0 Å². The lowest BCUT2D eigenvalue weighted by molar-refractivity contribution is -0.141. The molecule has 0 spiro atoms. The number of hydrogen-bond donors (Lipinski definition) is 2. The third-order valence-electron chi connectivity index (χ3n) is 3.21. The maximum atomic E-state index is 13.8. The molecule has 2 rings (SSSR count). The van der Waals surface area contributed by atoms with Crippen LogP contribution >= 0.6 is 15.9 Å². The molecule has 19 heavy (non-hydrogen) atoms. The third-order valence-corrected chi connectivity index (χ3v) is 3.78. The number of methoxy groups -OCH3 is 1. The van der Waals surface area contributed by atoms with Crippen LogP contribution in [-0.4, -0.2) is 24.7 Å². The zero-order valence-corrected chi connectivity index (χ0v) is 11.6. The predicted molar refractivity (Wildman–Crippen MR) is 67.1 cm³/mol. The first-order valence-corrected chi connectivity index (χ1v) is 6.42. The van der Waals surface area contributed by atoms with Crippen molar-refractivity contribution in [3.05, 3.63) is 27.7 Å². The third kappa shape index (κ3) is 2.57. The zero-order valence-electron chi connectivity index (χ0n) is 10.0. The summed E-state index contributed by atoms with van der Waals surface area (Å²) in [5, 5.41) is 11.9. The molecule has 1 fully saturated rings. The average Bonchev–Trinajstić information content (AvgIpc) is 2.85. The first kappa shape index (κ1) is 14.2. The molecule has 7 heteroatoms. The van der Waals surface area contributed by atoms with Crippen LogP contribution in [0.2, 0.25) is 0 Å². The maximum absolute atomic E-state index is 13.8. The molecule has 0 amide bonds. The summed E-state index contributed by atoms with van der Waals surface area (Å²) in [5.74, 6) is -3.73. The van der Waals surface area contributed by atoms with Crippen molar-refractivity contribution < 1.29 is 23.4 Å². The van der Waals surface area contributed by atoms with Gasteiger partial charge in [-0.3, -0.25) is 4.79 Å². The largest absolute Gasteiger partial charge is 0.493 e. The number of carboxylic acids is 1. The number of carboxylic acid groups (broad SMARTS) is 1. The minimum Gasteiger partial charge on any atom is -0.493 e. The van der Waals surface area contributed by atoms with E-state index in [1.54, 1.807) is 0 Å². The van der Waals surface area contributed by atoms with Gasteiger partial charge in [0.05, 0.1) is 17.5 Å². The summed E-state index contributed by atoms with van der Waals surface area (Å²) in [5.41, 5.74) is 0.414. The normalized spacial score (nSPS) is 22.5. The summed E-state index contributed by atoms with van der Waals surface area (Å²) >= 11 is 2.94. The Kier molecular flexibility index (Phi) is 4.05. The number of aliphatic carboxylic acids is 1. The van der Waals surface area contributed by atoms with Crippen LogP contribution in [0.5, 0.6) is 5.75 Å². The lowest BCUT2D eigenvalue weighted by atomic mass is 9.99. The molecule has 0 bridgehead atoms. The quantitative estimate of drug-likeness (QED) is 0.833. The van der Waals surface area contributed by atoms with Gasteiger partial charge in [0.1, 0.15) is 0 Å². The van der Waals surface area contributed by atoms with Crippen molar-refractivity contribution in [1.29, 1.82) is 0 Å². The minimum absolute atomic E-state index is 0.0126. The number of benzene rings is 1. The van der Waals surface area contributed by atoms with Crippen molar-refractivity contribution >= 4 is 21.9 Å². The molecule has 1 aliphatic rings. The average molecular weight is 336 g/mol. The van der Waals surface area contributed by atoms with E-state index < -0.39 is 23.5 Å². The Morgan fingerprint density at radius 2 is 2.21 bits per heavy atom. The second-order valence-electron chi connectivity index (χ2n) is 4.34. The highest BCUT2D eigenvalue weighted by Crippen LogP contribution is 2.38. The summed E-state index contributed by atoms with van der Waals surface area (Å²) in [6, 6.07) is 1.04. The highest BCUT2D eigenvalue weighted by Gasteiger charge is 2.33. The van der Waals surface area contributed by atoms with E-state index in [4.69, 9.17) is 9.84 Å². The van der Waals surface area contributed by atoms with Crippen LogP contribution in [-0.2, 0) is 4.79 Å². The van der Waals surface area contributed by atoms with Gasteiger partial charge in [0, 0.05) is 18.2 Å². The molecule has 0 aliphatic carbocycles. The van der Waals surface area contributed by atoms with Crippen LogP contribution < -0.4 is 10.1 Å². The second-order valence-corrected chi connectivity index (χ2v) is 5.19. The molecule has 1 heterocycles. The lowest BCUT2D eigenvalue weighted by Gasteiger charge is -2.16. The molecule has 1 aromatic rings. The van der Waals surface area contributed by atoms with E-state index in [0.29, 0.717) is 18.5 Å². The van der Waals surface area contributed by atoms with Gasteiger partial charge in [-0.15, -0.1) is 0 Å². The Balaban J connectivity index is 2.38. The number of carbonyl (C=O) groups is 1. The Bertz CT molecular complexity index is 524. The summed E-state index contributed by atoms with van der Waals surface area (Å²) in [6.07, 6.45) is 0.309. The van der Waals surface area contributed by atoms with E-state index in [1.165, 1.54) is 13.2 Å². The molecule has 0 aromatic heterocycles. The van der Waals surface area contributed by atoms with Gasteiger partial charge in [0.2, 0.25) is 5.82 Å². The standard InChI is InChI=1S/C12H12BrF2NO3/c1-19-11-6(3-7(13)9(14)10(11)15)8-2-5(4-16-8)12(17)18/h3,5,8,16H,2,4H2,1H3,(H,17,18). The van der Waals surface area contributed by atoms with Gasteiger partial charge in [0.15, 0.2) is 11.6 Å². The van der Waals surface area contributed by atoms with Gasteiger partial charge in [-0.2, -0.15) is 4.39 Å². The molecule has 2 unspecified atom stereocenters. The Labute approximate surface area is 116 Å². The van der Waals surface area contributed by atoms with Gasteiger partial charge in [-0.05, 0) is 28.4 Å². The number of halogens is 3. The lowest BCUT2D eigenvalue weighted by Crippen LogP contribution is -2.17. The fraction of sp³-hybridized carbons (Fsp3) is 0.417. The Morgan fingerprint density at radius 3 is 2.74 bits per heavy atom. The van der Waals surface area contributed by atoms with Crippen LogP contribution in [0.25, 0.3) is 0 Å². The number of ether oxygens (including phenoxy) is 1. The molecule has 0 radical (unpaired) electrons. The number of rotatable bonds is 3. The van der Waals surface area contributed by atoms with Crippen molar-refractivity contribution in [2.45, 2.75) is 12.5 Å². The van der Waals surface area contributed by atoms with Crippen molar-refractivity contribution in [2.24, 2.45) is 5.92 Å². The first-order valence-electron chi connectivity index (χ1n) is 5.63. The fourth-order valence-corrected chi connectivity index (χ4v) is 2.64. The van der Waals surface area contributed by atoms with E-state index in [1.807, 2.05) is 0 Å². The SMILES string of the molecule is COc1c(C2CC(C(=O)O)CN2)cc(Br)c(F)c1F. The topological polar surface area (TPSA) is 58.6 Å². The molecule has 1 aliphatic heterocycles. The van der Waals surface area contributed by atoms with E-state index in [2.05, 4.69) is 21.2 Å². The Morgan fingerprint density at radius 1 is 1.53 bits per heavy atom. The van der Waals surface area contributed by atoms with Crippen molar-refractivity contribution in [3.8, 4) is 5.75 Å². The molecular formula is C12H12BrF2NO3. The zero-order chi connectivity index (χ0) is 14.2. The van der Waals surface area contributed by atoms with Crippen molar-refractivity contribution in [2.75, 3.05) is 13.7 Å². The summed E-state index contributed by atoms with van der Waals surface area (Å²) in [7, 11) is 1.25. The smallest absolute Gasteiger partial charge is 0.307 e. The molecule has 1 saturated heterocycles. The monoisotopic (exact) mass is 335 g/mol. The van der Waals surface area contributed by atoms with Crippen molar-refractivity contribution in [1.82, 2.24) is 5.32 Å². The van der Waals surface area contributed by atoms with E-state index >= 15 is 0 Å². The van der Waals surface area contributed by atoms with E-state index in [0.717, 1.165) is 0 Å². The van der Waals surface area contributed by atoms with Gasteiger partial charge < -0.3 is 15.2 Å². The predicted octanol–water partition coefficient (Wildman–Crippen LogP) is 2.47. The van der Waals surface area contributed by atoms with Crippen LogP contribution in [0.1, 0.15) is 18.0 Å². The van der Waals surface area contributed by atoms with Crippen molar-refractivity contribution in [3.63, 3.8) is 0 Å². The van der Waals surface area contributed by atoms with Gasteiger partial charge in [-0.1, -0.05) is 0 Å². The molecule has 2 N–H and O–H groups in total. The molecule has 4 nitrogen and oxygen atoms in total. The Hall–Kier alpha value is -1.21. The molecular weight excluding hydrogens is 324 g/mol. The number of nitrogens with one attached hydrogen (secondary N) is 1. The van der Waals surface area contributed by atoms with Crippen LogP contribution in [0.15, 0.2) is 10.5 Å². The highest BCUT2D eigenvalue weighted by atomic mass is 79.9. The molecule has 0 saturated carbocycles. The summed E-state index contributed by atoms with van der Waals surface area (Å²) in [4.78, 5) is 10.9.